The van der Waals surface area contributed by atoms with Gasteiger partial charge in [0.1, 0.15) is 11.5 Å². The molecule has 1 N–H and O–H groups in total. The van der Waals surface area contributed by atoms with Crippen molar-refractivity contribution in [3.8, 4) is 0 Å². The molecule has 0 unspecified atom stereocenters. The van der Waals surface area contributed by atoms with Gasteiger partial charge in [-0.25, -0.2) is 4.98 Å². The van der Waals surface area contributed by atoms with Gasteiger partial charge in [0.25, 0.3) is 0 Å². The minimum atomic E-state index is -4.39. The molecular weight excluding hydrogens is 331 g/mol. The molecule has 1 fully saturated rings. The lowest BCUT2D eigenvalue weighted by molar-refractivity contribution is -0.141. The molecule has 23 heavy (non-hydrogen) atoms. The Morgan fingerprint density at radius 2 is 2.17 bits per heavy atom. The summed E-state index contributed by atoms with van der Waals surface area (Å²) in [6.07, 6.45) is -0.197. The fourth-order valence-electron chi connectivity index (χ4n) is 2.94. The summed E-state index contributed by atoms with van der Waals surface area (Å²) < 4.78 is 39.8. The van der Waals surface area contributed by atoms with E-state index in [2.05, 4.69) is 20.0 Å². The van der Waals surface area contributed by atoms with Crippen LogP contribution in [-0.2, 0) is 19.8 Å². The number of hydrogen-bond acceptors (Lipinski definition) is 3. The van der Waals surface area contributed by atoms with Crippen molar-refractivity contribution >= 4 is 11.6 Å². The van der Waals surface area contributed by atoms with Crippen LogP contribution in [0.15, 0.2) is 12.4 Å². The lowest BCUT2D eigenvalue weighted by Gasteiger charge is -2.31. The minimum absolute atomic E-state index is 0.0353. The summed E-state index contributed by atoms with van der Waals surface area (Å²) in [6.45, 7) is 2.15. The van der Waals surface area contributed by atoms with Crippen molar-refractivity contribution in [2.45, 2.75) is 31.5 Å². The van der Waals surface area contributed by atoms with Gasteiger partial charge in [-0.05, 0) is 19.4 Å². The lowest BCUT2D eigenvalue weighted by Crippen LogP contribution is -2.35. The van der Waals surface area contributed by atoms with Crippen LogP contribution in [0.4, 0.5) is 13.2 Å². The zero-order chi connectivity index (χ0) is 16.6. The number of rotatable bonds is 3. The third-order valence-corrected chi connectivity index (χ3v) is 4.49. The summed E-state index contributed by atoms with van der Waals surface area (Å²) in [7, 11) is 1.82. The predicted octanol–water partition coefficient (Wildman–Crippen LogP) is 3.20. The summed E-state index contributed by atoms with van der Waals surface area (Å²) in [5.74, 6) is 0.366. The molecule has 3 rings (SSSR count). The van der Waals surface area contributed by atoms with Gasteiger partial charge < -0.3 is 4.98 Å². The van der Waals surface area contributed by atoms with Crippen molar-refractivity contribution in [1.82, 2.24) is 24.6 Å². The normalized spacial score (nSPS) is 20.1. The van der Waals surface area contributed by atoms with Crippen molar-refractivity contribution in [3.05, 3.63) is 34.6 Å². The summed E-state index contributed by atoms with van der Waals surface area (Å²) in [5, 5.41) is 4.71. The highest BCUT2D eigenvalue weighted by atomic mass is 35.5. The molecule has 1 atom stereocenters. The number of nitrogens with zero attached hydrogens (tertiary/aromatic N) is 4. The zero-order valence-corrected chi connectivity index (χ0v) is 13.3. The molecule has 5 nitrogen and oxygen atoms in total. The van der Waals surface area contributed by atoms with Crippen LogP contribution in [0.25, 0.3) is 0 Å². The summed E-state index contributed by atoms with van der Waals surface area (Å²) >= 11 is 6.12. The minimum Gasteiger partial charge on any atom is -0.338 e. The van der Waals surface area contributed by atoms with E-state index in [9.17, 15) is 13.2 Å². The molecule has 9 heteroatoms. The Labute approximate surface area is 136 Å². The quantitative estimate of drug-likeness (QED) is 0.927. The van der Waals surface area contributed by atoms with Crippen molar-refractivity contribution in [1.29, 1.82) is 0 Å². The highest BCUT2D eigenvalue weighted by Gasteiger charge is 2.34. The van der Waals surface area contributed by atoms with Crippen LogP contribution in [0.1, 0.15) is 36.0 Å². The van der Waals surface area contributed by atoms with Gasteiger partial charge in [0.2, 0.25) is 0 Å². The number of piperidine rings is 1. The Balaban J connectivity index is 1.70. The summed E-state index contributed by atoms with van der Waals surface area (Å²) in [4.78, 5) is 8.52. The van der Waals surface area contributed by atoms with Crippen LogP contribution in [0, 0.1) is 0 Å². The Morgan fingerprint density at radius 1 is 1.39 bits per heavy atom. The van der Waals surface area contributed by atoms with E-state index in [1.54, 1.807) is 10.9 Å². The first-order chi connectivity index (χ1) is 10.8. The number of halogens is 4. The topological polar surface area (TPSA) is 49.7 Å². The lowest BCUT2D eigenvalue weighted by atomic mass is 9.97. The van der Waals surface area contributed by atoms with Gasteiger partial charge in [0, 0.05) is 26.1 Å². The molecule has 2 aromatic rings. The van der Waals surface area contributed by atoms with Crippen LogP contribution >= 0.6 is 11.6 Å². The molecule has 0 aliphatic carbocycles. The smallest absolute Gasteiger partial charge is 0.338 e. The average Bonchev–Trinajstić information content (AvgIpc) is 3.10. The first-order valence-corrected chi connectivity index (χ1v) is 7.73. The van der Waals surface area contributed by atoms with E-state index < -0.39 is 11.9 Å². The Hall–Kier alpha value is -1.54. The number of imidazole rings is 1. The first-order valence-electron chi connectivity index (χ1n) is 7.35. The number of aromatic amines is 1. The summed E-state index contributed by atoms with van der Waals surface area (Å²) in [6, 6.07) is 0. The molecule has 1 aliphatic heterocycles. The van der Waals surface area contributed by atoms with E-state index in [1.807, 2.05) is 7.05 Å². The van der Waals surface area contributed by atoms with Crippen LogP contribution in [-0.4, -0.2) is 37.7 Å². The molecule has 0 bridgehead atoms. The van der Waals surface area contributed by atoms with Crippen molar-refractivity contribution in [3.63, 3.8) is 0 Å². The Kier molecular flexibility index (Phi) is 4.37. The molecule has 1 aliphatic rings. The molecule has 3 heterocycles. The van der Waals surface area contributed by atoms with Gasteiger partial charge in [-0.1, -0.05) is 11.6 Å². The van der Waals surface area contributed by atoms with Crippen molar-refractivity contribution < 1.29 is 13.2 Å². The fraction of sp³-hybridized carbons (Fsp3) is 0.571. The van der Waals surface area contributed by atoms with E-state index in [-0.39, 0.29) is 5.92 Å². The maximum atomic E-state index is 12.7. The number of alkyl halides is 3. The average molecular weight is 348 g/mol. The van der Waals surface area contributed by atoms with Gasteiger partial charge >= 0.3 is 6.18 Å². The third kappa shape index (κ3) is 3.53. The van der Waals surface area contributed by atoms with E-state index in [0.29, 0.717) is 23.9 Å². The number of likely N-dealkylation sites (tertiary alicyclic amines) is 1. The molecule has 0 spiro atoms. The van der Waals surface area contributed by atoms with Crippen molar-refractivity contribution in [2.24, 2.45) is 7.05 Å². The summed E-state index contributed by atoms with van der Waals surface area (Å²) in [5.41, 5.74) is 0.113. The molecule has 1 saturated heterocycles. The van der Waals surface area contributed by atoms with Gasteiger partial charge in [-0.3, -0.25) is 9.58 Å². The third-order valence-electron chi connectivity index (χ3n) is 4.18. The van der Waals surface area contributed by atoms with Crippen LogP contribution in [0.3, 0.4) is 0 Å². The second-order valence-corrected chi connectivity index (χ2v) is 6.22. The SMILES string of the molecule is Cn1ncc(Cl)c1CN1CCC[C@H](c2ncc(C(F)(F)F)[nH]2)C1. The second-order valence-electron chi connectivity index (χ2n) is 5.82. The largest absolute Gasteiger partial charge is 0.432 e. The predicted molar refractivity (Wildman–Crippen MR) is 79.1 cm³/mol. The molecular formula is C14H17ClF3N5. The number of nitrogens with one attached hydrogen (secondary N) is 1. The van der Waals surface area contributed by atoms with Gasteiger partial charge in [0.15, 0.2) is 0 Å². The number of hydrogen-bond donors (Lipinski definition) is 1. The molecule has 2 aromatic heterocycles. The van der Waals surface area contributed by atoms with Crippen LogP contribution in [0.5, 0.6) is 0 Å². The van der Waals surface area contributed by atoms with Crippen LogP contribution in [0.2, 0.25) is 5.02 Å². The van der Waals surface area contributed by atoms with Gasteiger partial charge in [-0.15, -0.1) is 0 Å². The maximum absolute atomic E-state index is 12.7. The highest BCUT2D eigenvalue weighted by molar-refractivity contribution is 6.31. The van der Waals surface area contributed by atoms with Crippen molar-refractivity contribution in [2.75, 3.05) is 13.1 Å². The molecule has 126 valence electrons. The number of aryl methyl sites for hydroxylation is 1. The molecule has 0 saturated carbocycles. The molecule has 0 amide bonds. The van der Waals surface area contributed by atoms with E-state index in [4.69, 9.17) is 11.6 Å². The first kappa shape index (κ1) is 16.3. The Morgan fingerprint density at radius 3 is 2.78 bits per heavy atom. The maximum Gasteiger partial charge on any atom is 0.432 e. The van der Waals surface area contributed by atoms with E-state index >= 15 is 0 Å². The van der Waals surface area contributed by atoms with E-state index in [1.165, 1.54) is 0 Å². The highest BCUT2D eigenvalue weighted by Crippen LogP contribution is 2.31. The molecule has 0 aromatic carbocycles. The molecule has 0 radical (unpaired) electrons. The Bertz CT molecular complexity index is 659. The van der Waals surface area contributed by atoms with Crippen LogP contribution < -0.4 is 0 Å². The fourth-order valence-corrected chi connectivity index (χ4v) is 3.16. The van der Waals surface area contributed by atoms with Gasteiger partial charge in [0.05, 0.1) is 23.1 Å². The van der Waals surface area contributed by atoms with E-state index in [0.717, 1.165) is 31.3 Å². The van der Waals surface area contributed by atoms with Gasteiger partial charge in [-0.2, -0.15) is 18.3 Å². The monoisotopic (exact) mass is 347 g/mol. The second kappa shape index (κ2) is 6.16. The number of H-pyrrole nitrogens is 1. The standard InChI is InChI=1S/C14H17ClF3N5/c1-22-11(10(15)5-20-22)8-23-4-2-3-9(7-23)13-19-6-12(21-13)14(16,17)18/h5-6,9H,2-4,7-8H2,1H3,(H,19,21)/t9-/m0/s1. The zero-order valence-electron chi connectivity index (χ0n) is 12.6. The number of aromatic nitrogens is 4.